The maximum Gasteiger partial charge on any atom is 0.221 e. The smallest absolute Gasteiger partial charge is 0.221 e. The summed E-state index contributed by atoms with van der Waals surface area (Å²) in [5.41, 5.74) is 8.01. The van der Waals surface area contributed by atoms with Gasteiger partial charge < -0.3 is 11.1 Å². The van der Waals surface area contributed by atoms with E-state index in [9.17, 15) is 4.79 Å². The first kappa shape index (κ1) is 14.7. The van der Waals surface area contributed by atoms with Crippen LogP contribution in [0.4, 0.5) is 0 Å². The van der Waals surface area contributed by atoms with Crippen molar-refractivity contribution in [1.82, 2.24) is 5.32 Å². The van der Waals surface area contributed by atoms with Gasteiger partial charge in [0, 0.05) is 24.4 Å². The lowest BCUT2D eigenvalue weighted by Gasteiger charge is -2.26. The van der Waals surface area contributed by atoms with Crippen LogP contribution in [0.5, 0.6) is 0 Å². The van der Waals surface area contributed by atoms with Gasteiger partial charge in [0.15, 0.2) is 0 Å². The van der Waals surface area contributed by atoms with E-state index in [0.717, 1.165) is 0 Å². The summed E-state index contributed by atoms with van der Waals surface area (Å²) in [5, 5.41) is 2.95. The second-order valence-electron chi connectivity index (χ2n) is 5.71. The molecule has 1 rings (SSSR count). The molecule has 0 spiro atoms. The Morgan fingerprint density at radius 3 is 2.39 bits per heavy atom. The number of benzene rings is 1. The minimum atomic E-state index is -0.0903. The highest BCUT2D eigenvalue weighted by Crippen LogP contribution is 2.22. The average Bonchev–Trinajstić information content (AvgIpc) is 2.26. The molecule has 0 aromatic heterocycles. The lowest BCUT2D eigenvalue weighted by Crippen LogP contribution is -2.38. The van der Waals surface area contributed by atoms with Crippen LogP contribution < -0.4 is 11.1 Å². The zero-order chi connectivity index (χ0) is 13.8. The zero-order valence-corrected chi connectivity index (χ0v) is 11.8. The molecule has 0 radical (unpaired) electrons. The Kier molecular flexibility index (Phi) is 4.91. The van der Waals surface area contributed by atoms with Gasteiger partial charge >= 0.3 is 0 Å². The van der Waals surface area contributed by atoms with Crippen molar-refractivity contribution in [2.24, 2.45) is 5.73 Å². The van der Waals surface area contributed by atoms with Crippen molar-refractivity contribution in [2.45, 2.75) is 45.6 Å². The molecule has 100 valence electrons. The van der Waals surface area contributed by atoms with Crippen LogP contribution in [-0.4, -0.2) is 18.5 Å². The summed E-state index contributed by atoms with van der Waals surface area (Å²) < 4.78 is 0. The van der Waals surface area contributed by atoms with E-state index in [1.807, 2.05) is 6.92 Å². The molecule has 0 heterocycles. The van der Waals surface area contributed by atoms with Crippen LogP contribution in [0, 0.1) is 6.92 Å². The molecule has 1 amide bonds. The molecule has 0 fully saturated rings. The molecule has 1 aromatic rings. The molecule has 1 aromatic carbocycles. The van der Waals surface area contributed by atoms with Crippen LogP contribution in [0.15, 0.2) is 24.3 Å². The van der Waals surface area contributed by atoms with Crippen molar-refractivity contribution < 1.29 is 4.79 Å². The molecule has 0 aliphatic heterocycles. The van der Waals surface area contributed by atoms with Crippen molar-refractivity contribution >= 4 is 5.91 Å². The molecular weight excluding hydrogens is 224 g/mol. The normalized spacial score (nSPS) is 13.2. The van der Waals surface area contributed by atoms with E-state index in [-0.39, 0.29) is 17.4 Å². The number of amides is 1. The van der Waals surface area contributed by atoms with Gasteiger partial charge in [-0.2, -0.15) is 0 Å². The third-order valence-corrected chi connectivity index (χ3v) is 3.07. The van der Waals surface area contributed by atoms with Crippen LogP contribution in [0.25, 0.3) is 0 Å². The molecular formula is C15H24N2O. The van der Waals surface area contributed by atoms with Gasteiger partial charge in [-0.1, -0.05) is 43.7 Å². The monoisotopic (exact) mass is 248 g/mol. The summed E-state index contributed by atoms with van der Waals surface area (Å²) in [4.78, 5) is 11.6. The van der Waals surface area contributed by atoms with E-state index in [1.54, 1.807) is 0 Å². The first-order valence-corrected chi connectivity index (χ1v) is 6.41. The average molecular weight is 248 g/mol. The summed E-state index contributed by atoms with van der Waals surface area (Å²) in [6.07, 6.45) is 0.379. The molecule has 0 saturated heterocycles. The minimum absolute atomic E-state index is 0.0187. The topological polar surface area (TPSA) is 55.1 Å². The summed E-state index contributed by atoms with van der Waals surface area (Å²) in [6.45, 7) is 8.79. The third kappa shape index (κ3) is 4.49. The third-order valence-electron chi connectivity index (χ3n) is 3.07. The Labute approximate surface area is 110 Å². The highest BCUT2D eigenvalue weighted by molar-refractivity contribution is 5.76. The fourth-order valence-electron chi connectivity index (χ4n) is 1.79. The molecule has 0 bridgehead atoms. The number of rotatable bonds is 5. The quantitative estimate of drug-likeness (QED) is 0.838. The van der Waals surface area contributed by atoms with Gasteiger partial charge in [-0.15, -0.1) is 0 Å². The predicted molar refractivity (Wildman–Crippen MR) is 75.5 cm³/mol. The van der Waals surface area contributed by atoms with Crippen molar-refractivity contribution in [3.05, 3.63) is 35.4 Å². The largest absolute Gasteiger partial charge is 0.355 e. The van der Waals surface area contributed by atoms with E-state index in [4.69, 9.17) is 5.73 Å². The predicted octanol–water partition coefficient (Wildman–Crippen LogP) is 2.13. The number of hydrogen-bond donors (Lipinski definition) is 2. The SMILES string of the molecule is Cc1ccc(C(C)(C)CNC(=O)CC(C)N)cc1. The van der Waals surface area contributed by atoms with Gasteiger partial charge in [-0.3, -0.25) is 4.79 Å². The highest BCUT2D eigenvalue weighted by atomic mass is 16.1. The van der Waals surface area contributed by atoms with Gasteiger partial charge in [-0.05, 0) is 19.4 Å². The minimum Gasteiger partial charge on any atom is -0.355 e. The molecule has 18 heavy (non-hydrogen) atoms. The number of hydrogen-bond acceptors (Lipinski definition) is 2. The van der Waals surface area contributed by atoms with Crippen molar-refractivity contribution in [3.63, 3.8) is 0 Å². The zero-order valence-electron chi connectivity index (χ0n) is 11.8. The Morgan fingerprint density at radius 1 is 1.33 bits per heavy atom. The van der Waals surface area contributed by atoms with Gasteiger partial charge in [0.25, 0.3) is 0 Å². The molecule has 3 heteroatoms. The molecule has 0 saturated carbocycles. The fraction of sp³-hybridized carbons (Fsp3) is 0.533. The Morgan fingerprint density at radius 2 is 1.89 bits per heavy atom. The summed E-state index contributed by atoms with van der Waals surface area (Å²) in [5.74, 6) is 0.0187. The molecule has 1 unspecified atom stereocenters. The van der Waals surface area contributed by atoms with Gasteiger partial charge in [0.1, 0.15) is 0 Å². The first-order valence-electron chi connectivity index (χ1n) is 6.41. The van der Waals surface area contributed by atoms with Crippen molar-refractivity contribution in [2.75, 3.05) is 6.54 Å². The fourth-order valence-corrected chi connectivity index (χ4v) is 1.79. The first-order chi connectivity index (χ1) is 8.31. The van der Waals surface area contributed by atoms with Crippen LogP contribution in [0.1, 0.15) is 38.3 Å². The molecule has 0 aliphatic carbocycles. The summed E-state index contributed by atoms with van der Waals surface area (Å²) in [6, 6.07) is 8.34. The maximum atomic E-state index is 11.6. The Bertz CT molecular complexity index is 393. The summed E-state index contributed by atoms with van der Waals surface area (Å²) >= 11 is 0. The number of carbonyl (C=O) groups excluding carboxylic acids is 1. The molecule has 3 nitrogen and oxygen atoms in total. The lowest BCUT2D eigenvalue weighted by atomic mass is 9.84. The van der Waals surface area contributed by atoms with Crippen molar-refractivity contribution in [1.29, 1.82) is 0 Å². The number of carbonyl (C=O) groups is 1. The molecule has 1 atom stereocenters. The molecule has 0 aliphatic rings. The van der Waals surface area contributed by atoms with Gasteiger partial charge in [-0.25, -0.2) is 0 Å². The van der Waals surface area contributed by atoms with Gasteiger partial charge in [0.05, 0.1) is 0 Å². The second-order valence-corrected chi connectivity index (χ2v) is 5.71. The number of nitrogens with one attached hydrogen (secondary N) is 1. The highest BCUT2D eigenvalue weighted by Gasteiger charge is 2.21. The van der Waals surface area contributed by atoms with E-state index >= 15 is 0 Å². The van der Waals surface area contributed by atoms with Crippen LogP contribution in [0.2, 0.25) is 0 Å². The van der Waals surface area contributed by atoms with E-state index in [2.05, 4.69) is 50.4 Å². The van der Waals surface area contributed by atoms with Crippen LogP contribution >= 0.6 is 0 Å². The number of nitrogens with two attached hydrogens (primary N) is 1. The van der Waals surface area contributed by atoms with E-state index < -0.39 is 0 Å². The maximum absolute atomic E-state index is 11.6. The standard InChI is InChI=1S/C15H24N2O/c1-11-5-7-13(8-6-11)15(3,4)10-17-14(18)9-12(2)16/h5-8,12H,9-10,16H2,1-4H3,(H,17,18). The van der Waals surface area contributed by atoms with Gasteiger partial charge in [0.2, 0.25) is 5.91 Å². The second kappa shape index (κ2) is 6.01. The Hall–Kier alpha value is -1.35. The van der Waals surface area contributed by atoms with Crippen LogP contribution in [0.3, 0.4) is 0 Å². The molecule has 3 N–H and O–H groups in total. The summed E-state index contributed by atoms with van der Waals surface area (Å²) in [7, 11) is 0. The van der Waals surface area contributed by atoms with Crippen LogP contribution in [-0.2, 0) is 10.2 Å². The van der Waals surface area contributed by atoms with Crippen molar-refractivity contribution in [3.8, 4) is 0 Å². The number of aryl methyl sites for hydroxylation is 1. The van der Waals surface area contributed by atoms with E-state index in [1.165, 1.54) is 11.1 Å². The lowest BCUT2D eigenvalue weighted by molar-refractivity contribution is -0.121. The Balaban J connectivity index is 2.59. The van der Waals surface area contributed by atoms with E-state index in [0.29, 0.717) is 13.0 Å².